The van der Waals surface area contributed by atoms with Crippen LogP contribution in [0.25, 0.3) is 33.2 Å². The van der Waals surface area contributed by atoms with Crippen molar-refractivity contribution in [3.05, 3.63) is 92.5 Å². The molecule has 0 bridgehead atoms. The number of hydrogen-bond acceptors (Lipinski definition) is 5. The molecule has 0 aliphatic rings. The summed E-state index contributed by atoms with van der Waals surface area (Å²) in [4.78, 5) is 24.8. The standard InChI is InChI=1S/C27H21ClFN3O4/c1-13-8-17(14(2)30-21-7-5-19(28)25(29)24(21)27(34)35)26-18(9-13)22(33)11-23(36-26)15-4-6-20-16(10-15)12-32(3)31-20/h4-12,14,30H,1-3H3,(H,34,35). The molecule has 2 aromatic heterocycles. The number of aromatic nitrogens is 2. The molecule has 0 fully saturated rings. The number of carboxylic acid groups (broad SMARTS) is 1. The van der Waals surface area contributed by atoms with Crippen LogP contribution >= 0.6 is 11.6 Å². The number of carbonyl (C=O) groups is 1. The number of nitrogens with zero attached hydrogens (tertiary/aromatic N) is 2. The van der Waals surface area contributed by atoms with Gasteiger partial charge in [-0.3, -0.25) is 9.48 Å². The fraction of sp³-hybridized carbons (Fsp3) is 0.148. The number of nitrogens with one attached hydrogen (secondary N) is 1. The van der Waals surface area contributed by atoms with Crippen LogP contribution in [0.1, 0.15) is 34.5 Å². The monoisotopic (exact) mass is 505 g/mol. The molecule has 1 atom stereocenters. The second-order valence-electron chi connectivity index (χ2n) is 8.74. The quantitative estimate of drug-likeness (QED) is 0.290. The summed E-state index contributed by atoms with van der Waals surface area (Å²) < 4.78 is 22.5. The molecule has 182 valence electrons. The van der Waals surface area contributed by atoms with Gasteiger partial charge in [0.1, 0.15) is 16.9 Å². The first-order valence-corrected chi connectivity index (χ1v) is 11.5. The van der Waals surface area contributed by atoms with Crippen molar-refractivity contribution in [3.63, 3.8) is 0 Å². The minimum absolute atomic E-state index is 0.0621. The van der Waals surface area contributed by atoms with Crippen LogP contribution in [-0.2, 0) is 7.05 Å². The van der Waals surface area contributed by atoms with E-state index in [-0.39, 0.29) is 16.1 Å². The average Bonchev–Trinajstić information content (AvgIpc) is 3.20. The first kappa shape index (κ1) is 23.6. The van der Waals surface area contributed by atoms with Gasteiger partial charge < -0.3 is 14.8 Å². The molecule has 5 aromatic rings. The molecular weight excluding hydrogens is 485 g/mol. The first-order chi connectivity index (χ1) is 17.1. The van der Waals surface area contributed by atoms with Crippen LogP contribution < -0.4 is 10.7 Å². The van der Waals surface area contributed by atoms with Gasteiger partial charge in [-0.25, -0.2) is 9.18 Å². The summed E-state index contributed by atoms with van der Waals surface area (Å²) in [5.74, 6) is -2.08. The summed E-state index contributed by atoms with van der Waals surface area (Å²) in [6, 6.07) is 12.8. The molecule has 0 aliphatic heterocycles. The summed E-state index contributed by atoms with van der Waals surface area (Å²) in [6.45, 7) is 3.63. The molecule has 36 heavy (non-hydrogen) atoms. The molecule has 0 radical (unpaired) electrons. The molecule has 2 heterocycles. The summed E-state index contributed by atoms with van der Waals surface area (Å²) >= 11 is 5.79. The maximum atomic E-state index is 14.5. The fourth-order valence-corrected chi connectivity index (χ4v) is 4.55. The van der Waals surface area contributed by atoms with Gasteiger partial charge in [0, 0.05) is 35.8 Å². The zero-order chi connectivity index (χ0) is 25.7. The number of aromatic carboxylic acids is 1. The van der Waals surface area contributed by atoms with Crippen LogP contribution in [0.4, 0.5) is 10.1 Å². The molecule has 1 unspecified atom stereocenters. The van der Waals surface area contributed by atoms with Gasteiger partial charge in [0.15, 0.2) is 11.2 Å². The SMILES string of the molecule is Cc1cc(C(C)Nc2ccc(Cl)c(F)c2C(=O)O)c2oc(-c3ccc4nn(C)cc4c3)cc(=O)c2c1. The average molecular weight is 506 g/mol. The van der Waals surface area contributed by atoms with Gasteiger partial charge in [-0.2, -0.15) is 5.10 Å². The summed E-state index contributed by atoms with van der Waals surface area (Å²) in [7, 11) is 1.83. The molecule has 0 amide bonds. The number of halogens is 2. The number of rotatable bonds is 5. The highest BCUT2D eigenvalue weighted by Crippen LogP contribution is 2.33. The zero-order valence-corrected chi connectivity index (χ0v) is 20.4. The fourth-order valence-electron chi connectivity index (χ4n) is 4.39. The maximum Gasteiger partial charge on any atom is 0.340 e. The van der Waals surface area contributed by atoms with Gasteiger partial charge in [-0.15, -0.1) is 0 Å². The predicted octanol–water partition coefficient (Wildman–Crippen LogP) is 6.32. The Labute approximate surface area is 209 Å². The zero-order valence-electron chi connectivity index (χ0n) is 19.6. The third kappa shape index (κ3) is 4.09. The van der Waals surface area contributed by atoms with Gasteiger partial charge >= 0.3 is 5.97 Å². The van der Waals surface area contributed by atoms with Crippen molar-refractivity contribution < 1.29 is 18.7 Å². The Morgan fingerprint density at radius 3 is 2.72 bits per heavy atom. The van der Waals surface area contributed by atoms with Crippen LogP contribution in [0.15, 0.2) is 63.9 Å². The Hall–Kier alpha value is -4.17. The topological polar surface area (TPSA) is 97.4 Å². The van der Waals surface area contributed by atoms with Crippen LogP contribution in [0, 0.1) is 12.7 Å². The van der Waals surface area contributed by atoms with Crippen molar-refractivity contribution >= 4 is 45.1 Å². The Morgan fingerprint density at radius 2 is 1.97 bits per heavy atom. The third-order valence-electron chi connectivity index (χ3n) is 6.05. The lowest BCUT2D eigenvalue weighted by atomic mass is 10.00. The second-order valence-corrected chi connectivity index (χ2v) is 9.14. The maximum absolute atomic E-state index is 14.5. The van der Waals surface area contributed by atoms with E-state index in [9.17, 15) is 19.1 Å². The van der Waals surface area contributed by atoms with E-state index in [4.69, 9.17) is 16.0 Å². The van der Waals surface area contributed by atoms with Crippen LogP contribution in [0.3, 0.4) is 0 Å². The minimum atomic E-state index is -1.45. The Kier molecular flexibility index (Phi) is 5.76. The molecule has 2 N–H and O–H groups in total. The summed E-state index contributed by atoms with van der Waals surface area (Å²) in [5, 5.41) is 18.0. The van der Waals surface area contributed by atoms with Crippen molar-refractivity contribution in [3.8, 4) is 11.3 Å². The molecule has 7 nitrogen and oxygen atoms in total. The molecular formula is C27H21ClFN3O4. The largest absolute Gasteiger partial charge is 0.478 e. The van der Waals surface area contributed by atoms with E-state index in [1.807, 2.05) is 44.4 Å². The Bertz CT molecular complexity index is 1740. The van der Waals surface area contributed by atoms with E-state index >= 15 is 0 Å². The van der Waals surface area contributed by atoms with Crippen LogP contribution in [-0.4, -0.2) is 20.9 Å². The van der Waals surface area contributed by atoms with E-state index in [0.29, 0.717) is 22.3 Å². The molecule has 3 aromatic carbocycles. The van der Waals surface area contributed by atoms with Gasteiger partial charge in [0.25, 0.3) is 0 Å². The number of carboxylic acids is 1. The molecule has 0 saturated heterocycles. The highest BCUT2D eigenvalue weighted by Gasteiger charge is 2.22. The third-order valence-corrected chi connectivity index (χ3v) is 6.34. The van der Waals surface area contributed by atoms with Crippen molar-refractivity contribution in [1.82, 2.24) is 9.78 Å². The molecule has 0 aliphatic carbocycles. The number of anilines is 1. The van der Waals surface area contributed by atoms with Crippen molar-refractivity contribution in [2.75, 3.05) is 5.32 Å². The van der Waals surface area contributed by atoms with E-state index in [1.54, 1.807) is 17.7 Å². The van der Waals surface area contributed by atoms with Crippen LogP contribution in [0.2, 0.25) is 5.02 Å². The highest BCUT2D eigenvalue weighted by atomic mass is 35.5. The first-order valence-electron chi connectivity index (χ1n) is 11.1. The lowest BCUT2D eigenvalue weighted by Crippen LogP contribution is -2.14. The highest BCUT2D eigenvalue weighted by molar-refractivity contribution is 6.31. The van der Waals surface area contributed by atoms with Crippen molar-refractivity contribution in [1.29, 1.82) is 0 Å². The lowest BCUT2D eigenvalue weighted by Gasteiger charge is -2.20. The van der Waals surface area contributed by atoms with E-state index in [0.717, 1.165) is 22.0 Å². The summed E-state index contributed by atoms with van der Waals surface area (Å²) in [5.41, 5.74) is 2.64. The van der Waals surface area contributed by atoms with Gasteiger partial charge in [0.2, 0.25) is 0 Å². The number of benzene rings is 3. The Morgan fingerprint density at radius 1 is 1.19 bits per heavy atom. The number of fused-ring (bicyclic) bond motifs is 2. The smallest absolute Gasteiger partial charge is 0.340 e. The van der Waals surface area contributed by atoms with Gasteiger partial charge in [0.05, 0.1) is 27.7 Å². The summed E-state index contributed by atoms with van der Waals surface area (Å²) in [6.07, 6.45) is 1.88. The number of hydrogen-bond donors (Lipinski definition) is 2. The van der Waals surface area contributed by atoms with Crippen molar-refractivity contribution in [2.24, 2.45) is 7.05 Å². The van der Waals surface area contributed by atoms with Crippen LogP contribution in [0.5, 0.6) is 0 Å². The molecule has 0 saturated carbocycles. The number of aryl methyl sites for hydroxylation is 2. The van der Waals surface area contributed by atoms with E-state index in [2.05, 4.69) is 10.4 Å². The van der Waals surface area contributed by atoms with Crippen molar-refractivity contribution in [2.45, 2.75) is 19.9 Å². The minimum Gasteiger partial charge on any atom is -0.478 e. The molecule has 9 heteroatoms. The van der Waals surface area contributed by atoms with Gasteiger partial charge in [-0.1, -0.05) is 17.7 Å². The van der Waals surface area contributed by atoms with E-state index in [1.165, 1.54) is 18.2 Å². The normalized spacial score (nSPS) is 12.2. The second kappa shape index (κ2) is 8.80. The lowest BCUT2D eigenvalue weighted by molar-refractivity contribution is 0.0693. The Balaban J connectivity index is 1.64. The predicted molar refractivity (Wildman–Crippen MR) is 137 cm³/mol. The van der Waals surface area contributed by atoms with Gasteiger partial charge in [-0.05, 0) is 55.8 Å². The molecule has 0 spiro atoms. The molecule has 5 rings (SSSR count). The van der Waals surface area contributed by atoms with E-state index < -0.39 is 23.4 Å².